The smallest absolute Gasteiger partial charge is 0.234 e. The molecule has 0 radical (unpaired) electrons. The number of carbonyl (C=O) groups excluding carboxylic acids is 2. The molecule has 2 aromatic rings. The lowest BCUT2D eigenvalue weighted by Crippen LogP contribution is -2.50. The highest BCUT2D eigenvalue weighted by atomic mass is 32.2. The average molecular weight is 427 g/mol. The van der Waals surface area contributed by atoms with Gasteiger partial charge < -0.3 is 10.2 Å². The number of carbonyl (C=O) groups is 2. The molecule has 1 heterocycles. The van der Waals surface area contributed by atoms with Gasteiger partial charge in [0.15, 0.2) is 5.16 Å². The van der Waals surface area contributed by atoms with Gasteiger partial charge >= 0.3 is 0 Å². The normalized spacial score (nSPS) is 15.3. The molecule has 8 nitrogen and oxygen atoms in total. The largest absolute Gasteiger partial charge is 0.326 e. The van der Waals surface area contributed by atoms with Crippen molar-refractivity contribution in [3.05, 3.63) is 30.1 Å². The van der Waals surface area contributed by atoms with Gasteiger partial charge in [0.1, 0.15) is 11.4 Å². The van der Waals surface area contributed by atoms with Gasteiger partial charge in [0.05, 0.1) is 17.5 Å². The van der Waals surface area contributed by atoms with Gasteiger partial charge in [-0.2, -0.15) is 5.26 Å². The Balaban J connectivity index is 1.75. The third-order valence-electron chi connectivity index (χ3n) is 5.45. The van der Waals surface area contributed by atoms with E-state index in [2.05, 4.69) is 21.6 Å². The summed E-state index contributed by atoms with van der Waals surface area (Å²) in [6.45, 7) is 3.29. The van der Waals surface area contributed by atoms with Gasteiger partial charge in [0.2, 0.25) is 11.8 Å². The topological polar surface area (TPSA) is 104 Å². The molecule has 0 unspecified atom stereocenters. The van der Waals surface area contributed by atoms with Gasteiger partial charge in [-0.25, -0.2) is 0 Å². The predicted molar refractivity (Wildman–Crippen MR) is 115 cm³/mol. The standard InChI is InChI=1S/C21H26N6O2S/c1-15-24-25-20(27(15)18-9-7-8-17(12-18)23-16(2)28)30-13-19(29)26(3)21(14-22)10-5-4-6-11-21/h7-9,12H,4-6,10-11,13H2,1-3H3,(H,23,28). The van der Waals surface area contributed by atoms with Crippen LogP contribution in [0.2, 0.25) is 0 Å². The maximum absolute atomic E-state index is 12.9. The lowest BCUT2D eigenvalue weighted by atomic mass is 9.81. The van der Waals surface area contributed by atoms with Crippen LogP contribution in [0.3, 0.4) is 0 Å². The van der Waals surface area contributed by atoms with E-state index in [1.165, 1.54) is 18.7 Å². The quantitative estimate of drug-likeness (QED) is 0.711. The number of hydrogen-bond donors (Lipinski definition) is 1. The summed E-state index contributed by atoms with van der Waals surface area (Å²) in [4.78, 5) is 25.8. The molecule has 1 aromatic carbocycles. The fourth-order valence-electron chi connectivity index (χ4n) is 3.78. The van der Waals surface area contributed by atoms with Crippen LogP contribution in [0, 0.1) is 18.3 Å². The Morgan fingerprint density at radius 1 is 1.30 bits per heavy atom. The monoisotopic (exact) mass is 426 g/mol. The van der Waals surface area contributed by atoms with Crippen LogP contribution in [0.25, 0.3) is 5.69 Å². The third kappa shape index (κ3) is 4.65. The van der Waals surface area contributed by atoms with Gasteiger partial charge in [0.25, 0.3) is 0 Å². The molecule has 0 bridgehead atoms. The second-order valence-corrected chi connectivity index (χ2v) is 8.48. The Morgan fingerprint density at radius 3 is 2.70 bits per heavy atom. The minimum atomic E-state index is -0.702. The summed E-state index contributed by atoms with van der Waals surface area (Å²) < 4.78 is 1.85. The van der Waals surface area contributed by atoms with E-state index in [1.54, 1.807) is 18.0 Å². The number of anilines is 1. The summed E-state index contributed by atoms with van der Waals surface area (Å²) >= 11 is 1.29. The molecule has 9 heteroatoms. The average Bonchev–Trinajstić information content (AvgIpc) is 3.12. The van der Waals surface area contributed by atoms with E-state index in [9.17, 15) is 14.9 Å². The molecule has 1 aliphatic rings. The van der Waals surface area contributed by atoms with Crippen molar-refractivity contribution in [1.82, 2.24) is 19.7 Å². The van der Waals surface area contributed by atoms with Crippen molar-refractivity contribution < 1.29 is 9.59 Å². The zero-order valence-electron chi connectivity index (χ0n) is 17.5. The summed E-state index contributed by atoms with van der Waals surface area (Å²) in [5.41, 5.74) is 0.771. The Bertz CT molecular complexity index is 974. The van der Waals surface area contributed by atoms with Crippen LogP contribution in [0.1, 0.15) is 44.9 Å². The van der Waals surface area contributed by atoms with Gasteiger partial charge in [-0.3, -0.25) is 14.2 Å². The van der Waals surface area contributed by atoms with Gasteiger partial charge in [-0.05, 0) is 38.0 Å². The highest BCUT2D eigenvalue weighted by Crippen LogP contribution is 2.33. The number of thioether (sulfide) groups is 1. The maximum Gasteiger partial charge on any atom is 0.234 e. The Labute approximate surface area is 180 Å². The van der Waals surface area contributed by atoms with Crippen LogP contribution in [0.15, 0.2) is 29.4 Å². The molecule has 1 N–H and O–H groups in total. The zero-order valence-corrected chi connectivity index (χ0v) is 18.3. The number of amides is 2. The second-order valence-electron chi connectivity index (χ2n) is 7.54. The molecule has 158 valence electrons. The number of aryl methyl sites for hydroxylation is 1. The number of nitrogens with zero attached hydrogens (tertiary/aromatic N) is 5. The molecule has 3 rings (SSSR count). The van der Waals surface area contributed by atoms with Gasteiger partial charge in [-0.15, -0.1) is 10.2 Å². The lowest BCUT2D eigenvalue weighted by molar-refractivity contribution is -0.131. The van der Waals surface area contributed by atoms with Crippen LogP contribution in [0.5, 0.6) is 0 Å². The molecule has 2 amide bonds. The van der Waals surface area contributed by atoms with E-state index < -0.39 is 5.54 Å². The van der Waals surface area contributed by atoms with E-state index in [-0.39, 0.29) is 17.6 Å². The SMILES string of the molecule is CC(=O)Nc1cccc(-n2c(C)nnc2SCC(=O)N(C)C2(C#N)CCCCC2)c1. The van der Waals surface area contributed by atoms with E-state index >= 15 is 0 Å². The van der Waals surface area contributed by atoms with Gasteiger partial charge in [-0.1, -0.05) is 37.1 Å². The van der Waals surface area contributed by atoms with E-state index in [0.29, 0.717) is 16.7 Å². The summed E-state index contributed by atoms with van der Waals surface area (Å²) in [5, 5.41) is 21.4. The lowest BCUT2D eigenvalue weighted by Gasteiger charge is -2.39. The van der Waals surface area contributed by atoms with Crippen molar-refractivity contribution in [2.45, 2.75) is 56.6 Å². The maximum atomic E-state index is 12.9. The molecule has 0 spiro atoms. The molecule has 1 aliphatic carbocycles. The Morgan fingerprint density at radius 2 is 2.03 bits per heavy atom. The first-order chi connectivity index (χ1) is 14.4. The van der Waals surface area contributed by atoms with Crippen LogP contribution < -0.4 is 5.32 Å². The van der Waals surface area contributed by atoms with Crippen molar-refractivity contribution in [2.75, 3.05) is 18.1 Å². The Kier molecular flexibility index (Phi) is 6.77. The molecule has 1 saturated carbocycles. The van der Waals surface area contributed by atoms with E-state index in [4.69, 9.17) is 0 Å². The number of rotatable bonds is 6. The first-order valence-electron chi connectivity index (χ1n) is 9.97. The number of aromatic nitrogens is 3. The van der Waals surface area contributed by atoms with Crippen LogP contribution in [0.4, 0.5) is 5.69 Å². The molecule has 0 atom stereocenters. The van der Waals surface area contributed by atoms with Crippen molar-refractivity contribution in [1.29, 1.82) is 5.26 Å². The van der Waals surface area contributed by atoms with Crippen molar-refractivity contribution in [3.8, 4) is 11.8 Å². The van der Waals surface area contributed by atoms with E-state index in [0.717, 1.165) is 37.8 Å². The molecule has 0 saturated heterocycles. The fourth-order valence-corrected chi connectivity index (χ4v) is 4.69. The minimum absolute atomic E-state index is 0.0948. The van der Waals surface area contributed by atoms with Gasteiger partial charge in [0, 0.05) is 19.7 Å². The zero-order chi connectivity index (χ0) is 21.7. The highest BCUT2D eigenvalue weighted by Gasteiger charge is 2.38. The summed E-state index contributed by atoms with van der Waals surface area (Å²) in [5.74, 6) is 0.607. The van der Waals surface area contributed by atoms with Crippen molar-refractivity contribution in [2.24, 2.45) is 0 Å². The number of hydrogen-bond acceptors (Lipinski definition) is 6. The van der Waals surface area contributed by atoms with Crippen molar-refractivity contribution >= 4 is 29.3 Å². The summed E-state index contributed by atoms with van der Waals surface area (Å²) in [6.07, 6.45) is 4.50. The van der Waals surface area contributed by atoms with Crippen LogP contribution in [-0.2, 0) is 9.59 Å². The molecule has 0 aliphatic heterocycles. The summed E-state index contributed by atoms with van der Waals surface area (Å²) in [7, 11) is 1.73. The third-order valence-corrected chi connectivity index (χ3v) is 6.36. The minimum Gasteiger partial charge on any atom is -0.326 e. The van der Waals surface area contributed by atoms with Crippen LogP contribution >= 0.6 is 11.8 Å². The molecular formula is C21H26N6O2S. The number of nitriles is 1. The molecule has 1 fully saturated rings. The highest BCUT2D eigenvalue weighted by molar-refractivity contribution is 7.99. The molecular weight excluding hydrogens is 400 g/mol. The number of benzene rings is 1. The molecule has 30 heavy (non-hydrogen) atoms. The predicted octanol–water partition coefficient (Wildman–Crippen LogP) is 3.31. The summed E-state index contributed by atoms with van der Waals surface area (Å²) in [6, 6.07) is 9.77. The fraction of sp³-hybridized carbons (Fsp3) is 0.476. The van der Waals surface area contributed by atoms with E-state index in [1.807, 2.05) is 29.7 Å². The number of nitrogens with one attached hydrogen (secondary N) is 1. The molecule has 1 aromatic heterocycles. The van der Waals surface area contributed by atoms with Crippen LogP contribution in [-0.4, -0.2) is 49.8 Å². The first-order valence-corrected chi connectivity index (χ1v) is 11.0. The first kappa shape index (κ1) is 21.8. The second kappa shape index (κ2) is 9.30. The van der Waals surface area contributed by atoms with Crippen molar-refractivity contribution in [3.63, 3.8) is 0 Å². The Hall–Kier alpha value is -2.86.